The number of para-hydroxylation sites is 1. The quantitative estimate of drug-likeness (QED) is 0.0610. The first-order chi connectivity index (χ1) is 24.4. The van der Waals surface area contributed by atoms with Crippen LogP contribution in [0.4, 0.5) is 0 Å². The van der Waals surface area contributed by atoms with E-state index in [2.05, 4.69) is 31.2 Å². The van der Waals surface area contributed by atoms with Gasteiger partial charge in [-0.05, 0) is 61.9 Å². The number of nitrogens with zero attached hydrogens (tertiary/aromatic N) is 2. The van der Waals surface area contributed by atoms with Gasteiger partial charge in [-0.15, -0.1) is 11.3 Å². The summed E-state index contributed by atoms with van der Waals surface area (Å²) in [5.74, 6) is -3.97. The van der Waals surface area contributed by atoms with E-state index in [-0.39, 0.29) is 73.5 Å². The number of aromatic nitrogens is 1. The number of phenolic OH excluding ortho intramolecular Hbond substituents is 1. The van der Waals surface area contributed by atoms with E-state index in [4.69, 9.17) is 11.5 Å². The van der Waals surface area contributed by atoms with E-state index in [9.17, 15) is 33.9 Å². The predicted molar refractivity (Wildman–Crippen MR) is 192 cm³/mol. The topological polar surface area (TPSA) is 248 Å². The number of carbonyl (C=O) groups excluding carboxylic acids is 6. The summed E-state index contributed by atoms with van der Waals surface area (Å²) in [5, 5.41) is 20.7. The molecule has 16 heteroatoms. The number of fused-ring (bicyclic) bond motifs is 1. The lowest BCUT2D eigenvalue weighted by Gasteiger charge is -2.26. The zero-order valence-electron chi connectivity index (χ0n) is 28.4. The third-order valence-corrected chi connectivity index (χ3v) is 9.42. The number of amides is 4. The fraction of sp³-hybridized carbons (Fsp3) is 0.429. The summed E-state index contributed by atoms with van der Waals surface area (Å²) in [6.45, 7) is 1.71. The van der Waals surface area contributed by atoms with Gasteiger partial charge < -0.3 is 37.8 Å². The molecule has 4 atom stereocenters. The number of hydrogen-bond donors (Lipinski definition) is 7. The highest BCUT2D eigenvalue weighted by molar-refractivity contribution is 7.20. The molecule has 0 aliphatic carbocycles. The van der Waals surface area contributed by atoms with Crippen molar-refractivity contribution in [2.24, 2.45) is 22.4 Å². The zero-order chi connectivity index (χ0) is 36.9. The van der Waals surface area contributed by atoms with Crippen molar-refractivity contribution in [1.82, 2.24) is 26.3 Å². The number of rotatable bonds is 12. The van der Waals surface area contributed by atoms with Crippen molar-refractivity contribution in [1.29, 1.82) is 0 Å². The van der Waals surface area contributed by atoms with Gasteiger partial charge in [0.05, 0.1) is 22.7 Å². The number of benzene rings is 2. The second-order valence-electron chi connectivity index (χ2n) is 12.5. The molecule has 2 heterocycles. The van der Waals surface area contributed by atoms with E-state index >= 15 is 0 Å². The Bertz CT molecular complexity index is 1720. The third kappa shape index (κ3) is 11.9. The molecule has 0 radical (unpaired) electrons. The molecular formula is C35H44N8O7S. The Hall–Kier alpha value is -5.38. The number of aliphatic imine (C=N–C) groups is 1. The van der Waals surface area contributed by atoms with Gasteiger partial charge in [0.1, 0.15) is 17.8 Å². The van der Waals surface area contributed by atoms with E-state index in [0.29, 0.717) is 30.3 Å². The Morgan fingerprint density at radius 3 is 2.49 bits per heavy atom. The molecule has 0 bridgehead atoms. The number of phenols is 1. The van der Waals surface area contributed by atoms with Gasteiger partial charge in [0.2, 0.25) is 23.6 Å². The molecule has 1 saturated heterocycles. The van der Waals surface area contributed by atoms with Crippen LogP contribution in [0.25, 0.3) is 10.2 Å². The minimum atomic E-state index is -1.26. The lowest BCUT2D eigenvalue weighted by Crippen LogP contribution is -2.57. The van der Waals surface area contributed by atoms with Crippen LogP contribution in [0.5, 0.6) is 5.75 Å². The molecule has 51 heavy (non-hydrogen) atoms. The maximum atomic E-state index is 14.1. The summed E-state index contributed by atoms with van der Waals surface area (Å²) in [6.07, 6.45) is 1.26. The number of carbonyl (C=O) groups is 6. The van der Waals surface area contributed by atoms with Gasteiger partial charge in [-0.3, -0.25) is 33.8 Å². The van der Waals surface area contributed by atoms with Crippen molar-refractivity contribution < 1.29 is 33.9 Å². The van der Waals surface area contributed by atoms with E-state index in [1.165, 1.54) is 30.4 Å². The van der Waals surface area contributed by atoms with Crippen molar-refractivity contribution in [3.8, 4) is 5.75 Å². The zero-order valence-corrected chi connectivity index (χ0v) is 29.2. The first kappa shape index (κ1) is 38.4. The number of Topliss-reactive ketones (excluding diaryl/α,β-unsaturated/α-hetero) is 2. The average Bonchev–Trinajstić information content (AvgIpc) is 3.52. The maximum Gasteiger partial charge on any atom is 0.243 e. The molecule has 0 unspecified atom stereocenters. The van der Waals surface area contributed by atoms with Gasteiger partial charge >= 0.3 is 0 Å². The smallest absolute Gasteiger partial charge is 0.243 e. The average molecular weight is 721 g/mol. The van der Waals surface area contributed by atoms with Crippen molar-refractivity contribution in [3.05, 3.63) is 59.1 Å². The highest BCUT2D eigenvalue weighted by atomic mass is 32.1. The number of ketones is 2. The Morgan fingerprint density at radius 2 is 1.78 bits per heavy atom. The molecule has 3 aromatic rings. The number of hydrogen-bond acceptors (Lipinski definition) is 10. The number of nitrogens with two attached hydrogens (primary N) is 2. The van der Waals surface area contributed by atoms with Crippen molar-refractivity contribution in [2.45, 2.75) is 76.4 Å². The summed E-state index contributed by atoms with van der Waals surface area (Å²) in [7, 11) is 0. The normalized spacial score (nSPS) is 19.5. The Balaban J connectivity index is 1.60. The molecule has 272 valence electrons. The summed E-state index contributed by atoms with van der Waals surface area (Å²) in [5.41, 5.74) is 12.2. The minimum absolute atomic E-state index is 0.00823. The predicted octanol–water partition coefficient (Wildman–Crippen LogP) is 1.22. The molecule has 0 saturated carbocycles. The first-order valence-electron chi connectivity index (χ1n) is 16.8. The molecule has 1 aliphatic heterocycles. The third-order valence-electron chi connectivity index (χ3n) is 8.37. The molecule has 4 rings (SSSR count). The van der Waals surface area contributed by atoms with Gasteiger partial charge in [0.15, 0.2) is 22.5 Å². The Morgan fingerprint density at radius 1 is 1.04 bits per heavy atom. The van der Waals surface area contributed by atoms with Gasteiger partial charge in [-0.25, -0.2) is 4.98 Å². The van der Waals surface area contributed by atoms with Crippen molar-refractivity contribution >= 4 is 62.7 Å². The van der Waals surface area contributed by atoms with Gasteiger partial charge in [-0.1, -0.05) is 24.3 Å². The molecule has 2 aromatic carbocycles. The van der Waals surface area contributed by atoms with Crippen molar-refractivity contribution in [3.63, 3.8) is 0 Å². The summed E-state index contributed by atoms with van der Waals surface area (Å²) < 4.78 is 0.833. The largest absolute Gasteiger partial charge is 0.508 e. The van der Waals surface area contributed by atoms with Gasteiger partial charge in [0.25, 0.3) is 0 Å². The lowest BCUT2D eigenvalue weighted by molar-refractivity contribution is -0.134. The molecule has 1 aromatic heterocycles. The van der Waals surface area contributed by atoms with Crippen LogP contribution in [-0.2, 0) is 30.4 Å². The highest BCUT2D eigenvalue weighted by Crippen LogP contribution is 2.27. The SMILES string of the molecule is CC(=O)N[C@H]1CC(=O)NCCCC[C@@H](C(=O)C[C@@H](CCCN=C(N)N)C(=O)c2nc3ccccc3s2)NC(=O)[C@H](Cc2ccc(O)cc2)NC1=O. The standard InChI is InChI=1S/C35H44N8O7S/c1-20(44)40-27-19-30(47)38-15-5-4-8-24(41-32(49)26(42-33(27)50)17-21-11-13-23(45)14-12-21)28(46)18-22(7-6-16-39-35(36)37)31(48)34-43-25-9-2-3-10-29(25)51-34/h2-3,9-14,22,24,26-27,45H,4-8,15-19H2,1H3,(H,38,47)(H,40,44)(H,41,49)(H,42,50)(H4,36,37,39)/t22-,24+,26+,27+/m1/s1. The van der Waals surface area contributed by atoms with Gasteiger partial charge in [0, 0.05) is 38.8 Å². The van der Waals surface area contributed by atoms with E-state index in [1.54, 1.807) is 18.2 Å². The molecule has 4 amide bonds. The monoisotopic (exact) mass is 720 g/mol. The second kappa shape index (κ2) is 18.6. The van der Waals surface area contributed by atoms with Crippen LogP contribution in [0, 0.1) is 5.92 Å². The number of aromatic hydroxyl groups is 1. The van der Waals surface area contributed by atoms with Crippen molar-refractivity contribution in [2.75, 3.05) is 13.1 Å². The number of nitrogens with one attached hydrogen (secondary N) is 4. The first-order valence-corrected chi connectivity index (χ1v) is 17.6. The second-order valence-corrected chi connectivity index (χ2v) is 13.5. The molecular weight excluding hydrogens is 677 g/mol. The van der Waals surface area contributed by atoms with E-state index < -0.39 is 47.7 Å². The fourth-order valence-electron chi connectivity index (χ4n) is 5.76. The molecule has 15 nitrogen and oxygen atoms in total. The Kier molecular flexibility index (Phi) is 14.0. The van der Waals surface area contributed by atoms with E-state index in [0.717, 1.165) is 4.70 Å². The Labute approximate surface area is 299 Å². The summed E-state index contributed by atoms with van der Waals surface area (Å²) in [6, 6.07) is 9.88. The van der Waals surface area contributed by atoms with E-state index in [1.807, 2.05) is 18.2 Å². The highest BCUT2D eigenvalue weighted by Gasteiger charge is 2.33. The number of thiazole rings is 1. The molecule has 1 aliphatic rings. The molecule has 0 spiro atoms. The van der Waals surface area contributed by atoms with Crippen LogP contribution in [0.15, 0.2) is 53.5 Å². The van der Waals surface area contributed by atoms with Crippen LogP contribution in [0.3, 0.4) is 0 Å². The molecule has 1 fully saturated rings. The van der Waals surface area contributed by atoms with Crippen LogP contribution >= 0.6 is 11.3 Å². The maximum absolute atomic E-state index is 14.1. The van der Waals surface area contributed by atoms with Crippen LogP contribution in [-0.4, -0.2) is 82.5 Å². The lowest BCUT2D eigenvalue weighted by atomic mass is 9.89. The van der Waals surface area contributed by atoms with Crippen LogP contribution in [0.1, 0.15) is 67.2 Å². The van der Waals surface area contributed by atoms with Crippen LogP contribution in [0.2, 0.25) is 0 Å². The van der Waals surface area contributed by atoms with Gasteiger partial charge in [-0.2, -0.15) is 0 Å². The minimum Gasteiger partial charge on any atom is -0.508 e. The summed E-state index contributed by atoms with van der Waals surface area (Å²) >= 11 is 1.24. The summed E-state index contributed by atoms with van der Waals surface area (Å²) in [4.78, 5) is 88.3. The van der Waals surface area contributed by atoms with Crippen LogP contribution < -0.4 is 32.7 Å². The number of guanidine groups is 1. The fourth-order valence-corrected chi connectivity index (χ4v) is 6.74. The molecule has 9 N–H and O–H groups in total.